The van der Waals surface area contributed by atoms with Crippen LogP contribution in [0.3, 0.4) is 0 Å². The molecule has 1 aliphatic rings. The topological polar surface area (TPSA) is 94.2 Å². The minimum absolute atomic E-state index is 0.184. The zero-order valence-electron chi connectivity index (χ0n) is 22.1. The van der Waals surface area contributed by atoms with Gasteiger partial charge in [-0.2, -0.15) is 0 Å². The summed E-state index contributed by atoms with van der Waals surface area (Å²) in [6.45, 7) is 0.369. The zero-order chi connectivity index (χ0) is 31.6. The van der Waals surface area contributed by atoms with Gasteiger partial charge in [0.2, 0.25) is 10.0 Å². The van der Waals surface area contributed by atoms with Crippen molar-refractivity contribution in [2.45, 2.75) is 18.8 Å². The number of rotatable bonds is 10. The molecule has 0 aromatic heterocycles. The number of likely N-dealkylation sites (tertiary alicyclic amines) is 1. The first-order valence-corrected chi connectivity index (χ1v) is 14.0. The van der Waals surface area contributed by atoms with E-state index >= 15 is 0 Å². The van der Waals surface area contributed by atoms with Crippen molar-refractivity contribution in [1.29, 1.82) is 0 Å². The summed E-state index contributed by atoms with van der Waals surface area (Å²) in [4.78, 5) is 13.5. The number of hydrogen-bond acceptors (Lipinski definition) is 7. The predicted molar refractivity (Wildman–Crippen MR) is 138 cm³/mol. The molecule has 0 bridgehead atoms. The summed E-state index contributed by atoms with van der Waals surface area (Å²) in [5.41, 5.74) is 0.551. The highest BCUT2D eigenvalue weighted by Gasteiger charge is 2.37. The van der Waals surface area contributed by atoms with Crippen molar-refractivity contribution >= 4 is 21.7 Å². The molecule has 0 spiro atoms. The number of benzene rings is 3. The number of carbonyl (C=O) groups excluding carboxylic acids is 1. The van der Waals surface area contributed by atoms with Crippen LogP contribution in [-0.2, 0) is 14.8 Å². The third-order valence-corrected chi connectivity index (χ3v) is 7.71. The van der Waals surface area contributed by atoms with E-state index in [1.807, 2.05) is 0 Å². The second-order valence-corrected chi connectivity index (χ2v) is 11.3. The van der Waals surface area contributed by atoms with Gasteiger partial charge in [0.1, 0.15) is 17.3 Å². The maximum Gasteiger partial charge on any atom is 0.573 e. The van der Waals surface area contributed by atoms with E-state index in [1.165, 1.54) is 24.3 Å². The van der Waals surface area contributed by atoms with Crippen LogP contribution in [0.1, 0.15) is 27.5 Å². The van der Waals surface area contributed by atoms with Crippen LogP contribution < -0.4 is 14.2 Å². The third kappa shape index (κ3) is 8.97. The molecule has 0 atom stereocenters. The fraction of sp³-hybridized carbons (Fsp3) is 0.296. The van der Waals surface area contributed by atoms with Crippen molar-refractivity contribution in [3.8, 4) is 11.5 Å². The first-order chi connectivity index (χ1) is 20.0. The van der Waals surface area contributed by atoms with Gasteiger partial charge in [-0.3, -0.25) is 9.62 Å². The lowest BCUT2D eigenvalue weighted by Crippen LogP contribution is -2.51. The molecule has 0 saturated carbocycles. The lowest BCUT2D eigenvalue weighted by atomic mass is 9.91. The van der Waals surface area contributed by atoms with E-state index in [-0.39, 0.29) is 24.3 Å². The standard InChI is InChI=1S/C27H23F7N2O6S/c1-40-25(37)19-10-20(28)12-21(11-19)35-43(38,39)15-16-13-36(14-16)24(17-2-6-22(7-3-17)41-26(29,30)31)18-4-8-23(9-5-18)42-27(32,33)34/h2-12,16,24,35H,13-15H2,1H3. The Kier molecular flexibility index (Phi) is 9.11. The molecular formula is C27H23F7N2O6S. The number of halogens is 7. The average molecular weight is 637 g/mol. The number of nitrogens with one attached hydrogen (secondary N) is 1. The zero-order valence-corrected chi connectivity index (χ0v) is 22.9. The van der Waals surface area contributed by atoms with E-state index < -0.39 is 63.7 Å². The first kappa shape index (κ1) is 31.9. The van der Waals surface area contributed by atoms with Crippen molar-refractivity contribution in [2.24, 2.45) is 5.92 Å². The van der Waals surface area contributed by atoms with Crippen LogP contribution in [0.25, 0.3) is 0 Å². The molecule has 0 radical (unpaired) electrons. The van der Waals surface area contributed by atoms with Gasteiger partial charge < -0.3 is 14.2 Å². The minimum atomic E-state index is -4.91. The maximum absolute atomic E-state index is 13.9. The van der Waals surface area contributed by atoms with Gasteiger partial charge in [0.15, 0.2) is 0 Å². The molecule has 1 fully saturated rings. The van der Waals surface area contributed by atoms with Crippen LogP contribution in [-0.4, -0.2) is 58.0 Å². The van der Waals surface area contributed by atoms with Gasteiger partial charge in [0.05, 0.1) is 30.2 Å². The third-order valence-electron chi connectivity index (χ3n) is 6.26. The Bertz CT molecular complexity index is 1480. The fourth-order valence-electron chi connectivity index (χ4n) is 4.66. The van der Waals surface area contributed by atoms with Crippen molar-refractivity contribution in [3.63, 3.8) is 0 Å². The number of anilines is 1. The summed E-state index contributed by atoms with van der Waals surface area (Å²) < 4.78 is 130. The highest BCUT2D eigenvalue weighted by molar-refractivity contribution is 7.92. The van der Waals surface area contributed by atoms with Gasteiger partial charge in [0.25, 0.3) is 0 Å². The molecular weight excluding hydrogens is 613 g/mol. The quantitative estimate of drug-likeness (QED) is 0.220. The van der Waals surface area contributed by atoms with Crippen LogP contribution in [0.15, 0.2) is 66.7 Å². The molecule has 16 heteroatoms. The molecule has 0 amide bonds. The Morgan fingerprint density at radius 3 is 1.81 bits per heavy atom. The first-order valence-electron chi connectivity index (χ1n) is 12.3. The van der Waals surface area contributed by atoms with E-state index in [9.17, 15) is 43.9 Å². The van der Waals surface area contributed by atoms with Crippen molar-refractivity contribution in [2.75, 3.05) is 30.7 Å². The number of sulfonamides is 1. The lowest BCUT2D eigenvalue weighted by Gasteiger charge is -2.44. The number of alkyl halides is 6. The summed E-state index contributed by atoms with van der Waals surface area (Å²) in [5.74, 6) is -3.51. The van der Waals surface area contributed by atoms with E-state index in [4.69, 9.17) is 0 Å². The Hall–Kier alpha value is -4.05. The van der Waals surface area contributed by atoms with Crippen molar-refractivity contribution in [3.05, 3.63) is 89.2 Å². The molecule has 1 heterocycles. The summed E-state index contributed by atoms with van der Waals surface area (Å²) in [6.07, 6.45) is -9.82. The monoisotopic (exact) mass is 636 g/mol. The van der Waals surface area contributed by atoms with Crippen LogP contribution in [0.4, 0.5) is 36.4 Å². The van der Waals surface area contributed by atoms with Gasteiger partial charge >= 0.3 is 18.7 Å². The lowest BCUT2D eigenvalue weighted by molar-refractivity contribution is -0.275. The van der Waals surface area contributed by atoms with Gasteiger partial charge in [-0.1, -0.05) is 24.3 Å². The molecule has 1 aliphatic heterocycles. The Balaban J connectivity index is 1.50. The number of carbonyl (C=O) groups is 1. The smallest absolute Gasteiger partial charge is 0.465 e. The van der Waals surface area contributed by atoms with E-state index in [0.717, 1.165) is 49.6 Å². The number of ether oxygens (including phenoxy) is 3. The van der Waals surface area contributed by atoms with Crippen molar-refractivity contribution in [1.82, 2.24) is 4.90 Å². The molecule has 1 N–H and O–H groups in total. The molecule has 3 aromatic carbocycles. The van der Waals surface area contributed by atoms with E-state index in [1.54, 1.807) is 4.90 Å². The summed E-state index contributed by atoms with van der Waals surface area (Å²) in [7, 11) is -2.94. The Morgan fingerprint density at radius 1 is 0.884 bits per heavy atom. The maximum atomic E-state index is 13.9. The molecule has 1 saturated heterocycles. The Labute approximate surface area is 241 Å². The predicted octanol–water partition coefficient (Wildman–Crippen LogP) is 5.87. The van der Waals surface area contributed by atoms with Crippen molar-refractivity contribution < 1.29 is 58.2 Å². The van der Waals surface area contributed by atoms with Gasteiger partial charge in [-0.25, -0.2) is 17.6 Å². The molecule has 3 aromatic rings. The summed E-state index contributed by atoms with van der Waals surface area (Å²) in [6, 6.07) is 12.0. The molecule has 232 valence electrons. The SMILES string of the molecule is COC(=O)c1cc(F)cc(NS(=O)(=O)CC2CN(C(c3ccc(OC(F)(F)F)cc3)c3ccc(OC(F)(F)F)cc3)C2)c1. The molecule has 0 aliphatic carbocycles. The van der Waals surface area contributed by atoms with Crippen LogP contribution in [0, 0.1) is 11.7 Å². The number of esters is 1. The number of methoxy groups -OCH3 is 1. The number of hydrogen-bond donors (Lipinski definition) is 1. The van der Waals surface area contributed by atoms with Gasteiger partial charge in [-0.05, 0) is 53.6 Å². The van der Waals surface area contributed by atoms with Crippen LogP contribution >= 0.6 is 0 Å². The normalized spacial score (nSPS) is 14.7. The second-order valence-electron chi connectivity index (χ2n) is 9.56. The van der Waals surface area contributed by atoms with Crippen LogP contribution in [0.5, 0.6) is 11.5 Å². The van der Waals surface area contributed by atoms with Gasteiger partial charge in [-0.15, -0.1) is 26.3 Å². The minimum Gasteiger partial charge on any atom is -0.465 e. The van der Waals surface area contributed by atoms with Gasteiger partial charge in [0, 0.05) is 19.0 Å². The van der Waals surface area contributed by atoms with Crippen LogP contribution in [0.2, 0.25) is 0 Å². The molecule has 0 unspecified atom stereocenters. The fourth-order valence-corrected chi connectivity index (χ4v) is 6.05. The number of nitrogens with zero attached hydrogens (tertiary/aromatic N) is 1. The molecule has 8 nitrogen and oxygen atoms in total. The van der Waals surface area contributed by atoms with E-state index in [2.05, 4.69) is 18.9 Å². The summed E-state index contributed by atoms with van der Waals surface area (Å²) in [5, 5.41) is 0. The highest BCUT2D eigenvalue weighted by Crippen LogP contribution is 2.37. The average Bonchev–Trinajstić information content (AvgIpc) is 2.86. The molecule has 4 rings (SSSR count). The highest BCUT2D eigenvalue weighted by atomic mass is 32.2. The van der Waals surface area contributed by atoms with E-state index in [0.29, 0.717) is 11.1 Å². The molecule has 43 heavy (non-hydrogen) atoms. The largest absolute Gasteiger partial charge is 0.573 e. The second kappa shape index (κ2) is 12.3. The Morgan fingerprint density at radius 2 is 1.37 bits per heavy atom. The summed E-state index contributed by atoms with van der Waals surface area (Å²) >= 11 is 0.